The monoisotopic (exact) mass is 318 g/mol. The third kappa shape index (κ3) is 11.6. The topological polar surface area (TPSA) is 49.8 Å². The lowest BCUT2D eigenvalue weighted by atomic mass is 10.1. The van der Waals surface area contributed by atoms with Crippen LogP contribution in [0.3, 0.4) is 0 Å². The van der Waals surface area contributed by atoms with Gasteiger partial charge in [-0.2, -0.15) is 0 Å². The Kier molecular flexibility index (Phi) is 10.9. The fraction of sp³-hybridized carbons (Fsp3) is 0.550. The number of unbranched alkanes of at least 4 members (excludes halogenated alkanes) is 5. The highest BCUT2D eigenvalue weighted by Gasteiger charge is 2.36. The van der Waals surface area contributed by atoms with Crippen LogP contribution in [0.1, 0.15) is 58.3 Å². The van der Waals surface area contributed by atoms with Gasteiger partial charge in [0.1, 0.15) is 0 Å². The highest BCUT2D eigenvalue weighted by molar-refractivity contribution is 5.80. The molecule has 23 heavy (non-hydrogen) atoms. The Balaban J connectivity index is 1.97. The molecule has 0 spiro atoms. The molecule has 128 valence electrons. The number of hydrogen-bond donors (Lipinski definition) is 1. The number of carboxylic acid groups (broad SMARTS) is 1. The first-order valence-corrected chi connectivity index (χ1v) is 8.79. The number of carbonyl (C=O) groups is 1. The summed E-state index contributed by atoms with van der Waals surface area (Å²) in [6, 6.07) is 0. The number of aliphatic carboxylic acids is 1. The van der Waals surface area contributed by atoms with Crippen molar-refractivity contribution in [2.24, 2.45) is 0 Å². The zero-order valence-electron chi connectivity index (χ0n) is 14.2. The molecule has 0 amide bonds. The summed E-state index contributed by atoms with van der Waals surface area (Å²) in [4.78, 5) is 10.2. The van der Waals surface area contributed by atoms with Crippen molar-refractivity contribution in [2.45, 2.75) is 70.5 Å². The van der Waals surface area contributed by atoms with E-state index in [-0.39, 0.29) is 0 Å². The molecular formula is C20H30O3. The third-order valence-electron chi connectivity index (χ3n) is 3.83. The summed E-state index contributed by atoms with van der Waals surface area (Å²) < 4.78 is 5.67. The smallest absolute Gasteiger partial charge is 0.328 e. The van der Waals surface area contributed by atoms with Crippen LogP contribution in [0.2, 0.25) is 0 Å². The SMILES string of the molecule is CCCCCCCCC1OC1C/C=C/C=C/C=C/C=C/C(=O)O. The van der Waals surface area contributed by atoms with E-state index < -0.39 is 5.97 Å². The van der Waals surface area contributed by atoms with Gasteiger partial charge in [0.25, 0.3) is 0 Å². The summed E-state index contributed by atoms with van der Waals surface area (Å²) in [6.07, 6.45) is 25.2. The van der Waals surface area contributed by atoms with E-state index in [0.717, 1.165) is 12.5 Å². The van der Waals surface area contributed by atoms with E-state index in [1.807, 2.05) is 18.2 Å². The molecule has 1 fully saturated rings. The average Bonchev–Trinajstić information content (AvgIpc) is 3.27. The Labute approximate surface area is 140 Å². The van der Waals surface area contributed by atoms with Crippen molar-refractivity contribution in [1.29, 1.82) is 0 Å². The van der Waals surface area contributed by atoms with Gasteiger partial charge in [0.05, 0.1) is 12.2 Å². The number of rotatable bonds is 13. The molecule has 1 saturated heterocycles. The van der Waals surface area contributed by atoms with E-state index in [4.69, 9.17) is 9.84 Å². The average molecular weight is 318 g/mol. The molecule has 0 radical (unpaired) electrons. The second-order valence-corrected chi connectivity index (χ2v) is 5.90. The van der Waals surface area contributed by atoms with Crippen LogP contribution in [0.4, 0.5) is 0 Å². The molecule has 0 saturated carbocycles. The molecule has 0 aliphatic carbocycles. The van der Waals surface area contributed by atoms with E-state index in [0.29, 0.717) is 12.2 Å². The van der Waals surface area contributed by atoms with Gasteiger partial charge < -0.3 is 9.84 Å². The fourth-order valence-corrected chi connectivity index (χ4v) is 2.45. The normalized spacial score (nSPS) is 21.3. The second-order valence-electron chi connectivity index (χ2n) is 5.90. The first kappa shape index (κ1) is 19.4. The van der Waals surface area contributed by atoms with Crippen LogP contribution in [-0.4, -0.2) is 23.3 Å². The standard InChI is InChI=1S/C20H30O3/c1-2-3-4-5-9-12-15-18-19(23-18)16-13-10-7-6-8-11-14-17-20(21)22/h6-8,10-11,13-14,17-19H,2-5,9,12,15-16H2,1H3,(H,21,22)/b7-6+,11-8+,13-10+,17-14+. The molecule has 1 rings (SSSR count). The van der Waals surface area contributed by atoms with Crippen LogP contribution in [0.25, 0.3) is 0 Å². The minimum atomic E-state index is -0.932. The van der Waals surface area contributed by atoms with Gasteiger partial charge in [-0.3, -0.25) is 0 Å². The Hall–Kier alpha value is -1.61. The van der Waals surface area contributed by atoms with Gasteiger partial charge in [0, 0.05) is 6.08 Å². The van der Waals surface area contributed by atoms with Gasteiger partial charge in [-0.15, -0.1) is 0 Å². The summed E-state index contributed by atoms with van der Waals surface area (Å²) in [5.74, 6) is -0.932. The molecule has 1 N–H and O–H groups in total. The molecule has 3 nitrogen and oxygen atoms in total. The van der Waals surface area contributed by atoms with Crippen LogP contribution >= 0.6 is 0 Å². The van der Waals surface area contributed by atoms with Crippen molar-refractivity contribution < 1.29 is 14.6 Å². The van der Waals surface area contributed by atoms with E-state index in [2.05, 4.69) is 13.0 Å². The van der Waals surface area contributed by atoms with Crippen molar-refractivity contribution in [2.75, 3.05) is 0 Å². The molecule has 2 atom stereocenters. The number of epoxide rings is 1. The van der Waals surface area contributed by atoms with Crippen LogP contribution in [0.5, 0.6) is 0 Å². The summed E-state index contributed by atoms with van der Waals surface area (Å²) in [5.41, 5.74) is 0. The van der Waals surface area contributed by atoms with E-state index in [1.54, 1.807) is 12.2 Å². The number of ether oxygens (including phenoxy) is 1. The van der Waals surface area contributed by atoms with Gasteiger partial charge in [-0.05, 0) is 12.8 Å². The second kappa shape index (κ2) is 12.9. The minimum Gasteiger partial charge on any atom is -0.478 e. The van der Waals surface area contributed by atoms with Crippen LogP contribution < -0.4 is 0 Å². The molecular weight excluding hydrogens is 288 g/mol. The lowest BCUT2D eigenvalue weighted by molar-refractivity contribution is -0.131. The first-order valence-electron chi connectivity index (χ1n) is 8.79. The maximum atomic E-state index is 10.2. The predicted octanol–water partition coefficient (Wildman–Crippen LogP) is 5.20. The Bertz CT molecular complexity index is 432. The number of allylic oxidation sites excluding steroid dienone is 6. The van der Waals surface area contributed by atoms with Crippen molar-refractivity contribution in [3.8, 4) is 0 Å². The summed E-state index contributed by atoms with van der Waals surface area (Å²) in [5, 5.41) is 8.41. The molecule has 1 heterocycles. The van der Waals surface area contributed by atoms with Crippen molar-refractivity contribution in [1.82, 2.24) is 0 Å². The number of carboxylic acids is 1. The fourth-order valence-electron chi connectivity index (χ4n) is 2.45. The van der Waals surface area contributed by atoms with Gasteiger partial charge in [-0.25, -0.2) is 4.79 Å². The Morgan fingerprint density at radius 2 is 1.57 bits per heavy atom. The molecule has 0 aromatic heterocycles. The van der Waals surface area contributed by atoms with E-state index in [9.17, 15) is 4.79 Å². The maximum absolute atomic E-state index is 10.2. The number of hydrogen-bond acceptors (Lipinski definition) is 2. The molecule has 2 unspecified atom stereocenters. The van der Waals surface area contributed by atoms with Gasteiger partial charge in [-0.1, -0.05) is 88.0 Å². The Morgan fingerprint density at radius 1 is 0.913 bits per heavy atom. The predicted molar refractivity (Wildman–Crippen MR) is 95.5 cm³/mol. The van der Waals surface area contributed by atoms with Crippen LogP contribution in [0, 0.1) is 0 Å². The minimum absolute atomic E-state index is 0.421. The first-order chi connectivity index (χ1) is 11.2. The van der Waals surface area contributed by atoms with Crippen molar-refractivity contribution >= 4 is 5.97 Å². The lowest BCUT2D eigenvalue weighted by Crippen LogP contribution is -1.92. The summed E-state index contributed by atoms with van der Waals surface area (Å²) >= 11 is 0. The highest BCUT2D eigenvalue weighted by atomic mass is 16.6. The third-order valence-corrected chi connectivity index (χ3v) is 3.83. The van der Waals surface area contributed by atoms with Crippen LogP contribution in [-0.2, 0) is 9.53 Å². The van der Waals surface area contributed by atoms with E-state index in [1.165, 1.54) is 51.0 Å². The van der Waals surface area contributed by atoms with Gasteiger partial charge in [0.15, 0.2) is 0 Å². The van der Waals surface area contributed by atoms with Gasteiger partial charge >= 0.3 is 5.97 Å². The summed E-state index contributed by atoms with van der Waals surface area (Å²) in [7, 11) is 0. The van der Waals surface area contributed by atoms with Crippen LogP contribution in [0.15, 0.2) is 48.6 Å². The molecule has 3 heteroatoms. The molecule has 0 bridgehead atoms. The molecule has 0 aromatic carbocycles. The largest absolute Gasteiger partial charge is 0.478 e. The lowest BCUT2D eigenvalue weighted by Gasteiger charge is -1.98. The molecule has 1 aliphatic rings. The van der Waals surface area contributed by atoms with Gasteiger partial charge in [0.2, 0.25) is 0 Å². The zero-order valence-corrected chi connectivity index (χ0v) is 14.2. The molecule has 1 aliphatic heterocycles. The maximum Gasteiger partial charge on any atom is 0.328 e. The summed E-state index contributed by atoms with van der Waals surface area (Å²) in [6.45, 7) is 2.25. The quantitative estimate of drug-likeness (QED) is 0.220. The highest BCUT2D eigenvalue weighted by Crippen LogP contribution is 2.30. The Morgan fingerprint density at radius 3 is 2.30 bits per heavy atom. The van der Waals surface area contributed by atoms with Crippen molar-refractivity contribution in [3.05, 3.63) is 48.6 Å². The zero-order chi connectivity index (χ0) is 16.8. The van der Waals surface area contributed by atoms with E-state index >= 15 is 0 Å². The molecule has 0 aromatic rings. The van der Waals surface area contributed by atoms with Crippen molar-refractivity contribution in [3.63, 3.8) is 0 Å².